The van der Waals surface area contributed by atoms with E-state index in [1.54, 1.807) is 37.4 Å². The third kappa shape index (κ3) is 4.94. The maximum absolute atomic E-state index is 12.3. The van der Waals surface area contributed by atoms with Crippen LogP contribution < -0.4 is 0 Å². The fourth-order valence-corrected chi connectivity index (χ4v) is 3.98. The average Bonchev–Trinajstić information content (AvgIpc) is 3.29. The second-order valence-corrected chi connectivity index (χ2v) is 7.79. The van der Waals surface area contributed by atoms with Gasteiger partial charge in [-0.3, -0.25) is 0 Å². The van der Waals surface area contributed by atoms with Crippen molar-refractivity contribution in [3.05, 3.63) is 77.4 Å². The summed E-state index contributed by atoms with van der Waals surface area (Å²) in [7, 11) is -3.73. The van der Waals surface area contributed by atoms with E-state index in [2.05, 4.69) is 4.98 Å². The predicted molar refractivity (Wildman–Crippen MR) is 107 cm³/mol. The number of benzene rings is 1. The number of nitrogens with one attached hydrogen (secondary N) is 1. The molecule has 0 fully saturated rings. The van der Waals surface area contributed by atoms with Crippen molar-refractivity contribution in [2.24, 2.45) is 0 Å². The summed E-state index contributed by atoms with van der Waals surface area (Å²) in [5, 5.41) is 8.91. The van der Waals surface area contributed by atoms with Crippen molar-refractivity contribution in [1.29, 1.82) is 0 Å². The summed E-state index contributed by atoms with van der Waals surface area (Å²) in [6.07, 6.45) is 2.97. The molecule has 0 radical (unpaired) electrons. The van der Waals surface area contributed by atoms with Gasteiger partial charge in [-0.05, 0) is 45.0 Å². The highest BCUT2D eigenvalue weighted by Crippen LogP contribution is 2.18. The van der Waals surface area contributed by atoms with Crippen molar-refractivity contribution in [2.45, 2.75) is 25.7 Å². The number of rotatable bonds is 5. The van der Waals surface area contributed by atoms with E-state index in [0.717, 1.165) is 9.67 Å². The van der Waals surface area contributed by atoms with Crippen molar-refractivity contribution < 1.29 is 27.9 Å². The van der Waals surface area contributed by atoms with E-state index in [1.807, 2.05) is 6.92 Å². The summed E-state index contributed by atoms with van der Waals surface area (Å²) in [6.45, 7) is 5.51. The Hall–Kier alpha value is -3.33. The third-order valence-corrected chi connectivity index (χ3v) is 5.86. The fraction of sp³-hybridized carbons (Fsp3) is 0.200. The molecule has 1 aromatic carbocycles. The van der Waals surface area contributed by atoms with E-state index < -0.39 is 16.0 Å². The van der Waals surface area contributed by atoms with E-state index in [4.69, 9.17) is 9.84 Å². The first-order valence-corrected chi connectivity index (χ1v) is 10.2. The molecule has 8 nitrogen and oxygen atoms in total. The number of aromatic nitrogens is 2. The van der Waals surface area contributed by atoms with Crippen molar-refractivity contribution in [3.63, 3.8) is 0 Å². The number of carbonyl (C=O) groups is 2. The molecule has 0 aliphatic rings. The van der Waals surface area contributed by atoms with Crippen LogP contribution in [-0.4, -0.2) is 41.0 Å². The second-order valence-electron chi connectivity index (χ2n) is 5.97. The molecule has 9 heteroatoms. The zero-order valence-electron chi connectivity index (χ0n) is 16.2. The van der Waals surface area contributed by atoms with Crippen LogP contribution in [0, 0.1) is 13.8 Å². The topological polar surface area (TPSA) is 118 Å². The number of H-pyrrole nitrogens is 1. The lowest BCUT2D eigenvalue weighted by atomic mass is 10.3. The molecule has 3 rings (SSSR count). The van der Waals surface area contributed by atoms with E-state index >= 15 is 0 Å². The van der Waals surface area contributed by atoms with Crippen LogP contribution in [0.2, 0.25) is 0 Å². The minimum Gasteiger partial charge on any atom is -0.478 e. The average molecular weight is 418 g/mol. The Labute approximate surface area is 168 Å². The smallest absolute Gasteiger partial charge is 0.339 e. The molecule has 0 aliphatic heterocycles. The van der Waals surface area contributed by atoms with Gasteiger partial charge in [-0.2, -0.15) is 0 Å². The van der Waals surface area contributed by atoms with Crippen LogP contribution in [0.4, 0.5) is 0 Å². The highest BCUT2D eigenvalue weighted by molar-refractivity contribution is 7.90. The van der Waals surface area contributed by atoms with Crippen LogP contribution >= 0.6 is 0 Å². The zero-order valence-corrected chi connectivity index (χ0v) is 17.1. The molecule has 0 aliphatic carbocycles. The summed E-state index contributed by atoms with van der Waals surface area (Å²) in [6, 6.07) is 10.9. The molecule has 0 spiro atoms. The number of ether oxygens (including phenoxy) is 1. The number of aryl methyl sites for hydroxylation is 1. The number of carboxylic acids is 1. The molecule has 0 saturated heterocycles. The summed E-state index contributed by atoms with van der Waals surface area (Å²) in [5.41, 5.74) is 1.64. The summed E-state index contributed by atoms with van der Waals surface area (Å²) < 4.78 is 30.3. The zero-order chi connectivity index (χ0) is 21.6. The van der Waals surface area contributed by atoms with Crippen molar-refractivity contribution in [1.82, 2.24) is 8.96 Å². The molecule has 0 bridgehead atoms. The van der Waals surface area contributed by atoms with Crippen LogP contribution in [-0.2, 0) is 14.8 Å². The maximum atomic E-state index is 12.3. The number of carbonyl (C=O) groups excluding carboxylic acids is 1. The normalized spacial score (nSPS) is 10.7. The molecule has 29 heavy (non-hydrogen) atoms. The van der Waals surface area contributed by atoms with Gasteiger partial charge in [0.2, 0.25) is 0 Å². The first-order valence-electron chi connectivity index (χ1n) is 8.73. The fourth-order valence-electron chi connectivity index (χ4n) is 2.57. The number of esters is 1. The van der Waals surface area contributed by atoms with E-state index in [-0.39, 0.29) is 22.1 Å². The lowest BCUT2D eigenvalue weighted by molar-refractivity contribution is 0.0525. The molecular weight excluding hydrogens is 396 g/mol. The van der Waals surface area contributed by atoms with Crippen LogP contribution in [0.1, 0.15) is 39.0 Å². The maximum Gasteiger partial charge on any atom is 0.339 e. The summed E-state index contributed by atoms with van der Waals surface area (Å²) >= 11 is 0. The Balaban J connectivity index is 0.000000234. The molecular formula is C20H22N2O6S. The van der Waals surface area contributed by atoms with Gasteiger partial charge in [-0.25, -0.2) is 22.0 Å². The first-order chi connectivity index (χ1) is 13.7. The lowest BCUT2D eigenvalue weighted by Gasteiger charge is -2.08. The first kappa shape index (κ1) is 22.0. The molecule has 3 aromatic rings. The standard InChI is InChI=1S/C12H11NO4S.C8H11NO2/c1-9-11(12(14)15)7-8-13(9)18(16,17)10-5-3-2-4-6-10;1-3-11-8(10)7-4-5-9-6(7)2/h2-8H,1H3,(H,14,15);4-5,9H,3H2,1-2H3. The number of carboxylic acid groups (broad SMARTS) is 1. The van der Waals surface area contributed by atoms with Crippen molar-refractivity contribution in [3.8, 4) is 0 Å². The lowest BCUT2D eigenvalue weighted by Crippen LogP contribution is -2.14. The van der Waals surface area contributed by atoms with E-state index in [0.29, 0.717) is 12.2 Å². The highest BCUT2D eigenvalue weighted by Gasteiger charge is 2.21. The van der Waals surface area contributed by atoms with Gasteiger partial charge in [0.05, 0.1) is 22.6 Å². The number of hydrogen-bond acceptors (Lipinski definition) is 5. The number of nitrogens with zero attached hydrogens (tertiary/aromatic N) is 1. The van der Waals surface area contributed by atoms with Gasteiger partial charge >= 0.3 is 11.9 Å². The largest absolute Gasteiger partial charge is 0.478 e. The number of aromatic amines is 1. The Bertz CT molecular complexity index is 1100. The molecule has 0 amide bonds. The molecule has 0 unspecified atom stereocenters. The number of hydrogen-bond donors (Lipinski definition) is 2. The summed E-state index contributed by atoms with van der Waals surface area (Å²) in [5.74, 6) is -1.40. The predicted octanol–water partition coefficient (Wildman–Crippen LogP) is 3.23. The second kappa shape index (κ2) is 9.24. The molecule has 2 aromatic heterocycles. The van der Waals surface area contributed by atoms with E-state index in [1.165, 1.54) is 31.3 Å². The monoisotopic (exact) mass is 418 g/mol. The Morgan fingerprint density at radius 1 is 1.07 bits per heavy atom. The van der Waals surface area contributed by atoms with Gasteiger partial charge in [0, 0.05) is 23.8 Å². The molecule has 2 N–H and O–H groups in total. The van der Waals surface area contributed by atoms with Crippen molar-refractivity contribution in [2.75, 3.05) is 6.61 Å². The Morgan fingerprint density at radius 3 is 2.21 bits per heavy atom. The van der Waals surface area contributed by atoms with Crippen LogP contribution in [0.25, 0.3) is 0 Å². The summed E-state index contributed by atoms with van der Waals surface area (Å²) in [4.78, 5) is 25.0. The third-order valence-electron chi connectivity index (χ3n) is 4.08. The van der Waals surface area contributed by atoms with E-state index in [9.17, 15) is 18.0 Å². The van der Waals surface area contributed by atoms with Gasteiger partial charge in [-0.1, -0.05) is 18.2 Å². The Morgan fingerprint density at radius 2 is 1.72 bits per heavy atom. The van der Waals surface area contributed by atoms with Gasteiger partial charge in [0.25, 0.3) is 10.0 Å². The molecule has 0 atom stereocenters. The Kier molecular flexibility index (Phi) is 7.00. The quantitative estimate of drug-likeness (QED) is 0.614. The minimum atomic E-state index is -3.73. The molecule has 2 heterocycles. The van der Waals surface area contributed by atoms with Crippen LogP contribution in [0.15, 0.2) is 59.8 Å². The highest BCUT2D eigenvalue weighted by atomic mass is 32.2. The van der Waals surface area contributed by atoms with Crippen LogP contribution in [0.3, 0.4) is 0 Å². The van der Waals surface area contributed by atoms with Gasteiger partial charge in [-0.15, -0.1) is 0 Å². The molecule has 154 valence electrons. The van der Waals surface area contributed by atoms with Gasteiger partial charge in [0.15, 0.2) is 0 Å². The SMILES string of the molecule is CCOC(=O)c1cc[nH]c1C.Cc1c(C(=O)O)ccn1S(=O)(=O)c1ccccc1. The molecule has 0 saturated carbocycles. The van der Waals surface area contributed by atoms with Gasteiger partial charge in [0.1, 0.15) is 0 Å². The number of aromatic carboxylic acids is 1. The minimum absolute atomic E-state index is 0.0190. The van der Waals surface area contributed by atoms with Crippen LogP contribution in [0.5, 0.6) is 0 Å². The van der Waals surface area contributed by atoms with Crippen molar-refractivity contribution >= 4 is 22.0 Å². The van der Waals surface area contributed by atoms with Gasteiger partial charge < -0.3 is 14.8 Å².